The van der Waals surface area contributed by atoms with Crippen molar-refractivity contribution in [3.63, 3.8) is 0 Å². The van der Waals surface area contributed by atoms with Gasteiger partial charge >= 0.3 is 0 Å². The summed E-state index contributed by atoms with van der Waals surface area (Å²) in [4.78, 5) is 38.6. The Morgan fingerprint density at radius 2 is 1.91 bits per heavy atom. The second-order valence-corrected chi connectivity index (χ2v) is 8.57. The summed E-state index contributed by atoms with van der Waals surface area (Å²) in [6.45, 7) is 1.60. The SMILES string of the molecule is COc1c2cc(C(=O)Nc3cccn(C)c3=O)ccc2nn1C1CCC(N(C)C(C)=O)CC1. The maximum absolute atomic E-state index is 12.8. The molecule has 0 bridgehead atoms. The van der Waals surface area contributed by atoms with Crippen LogP contribution in [0.2, 0.25) is 0 Å². The van der Waals surface area contributed by atoms with Gasteiger partial charge in [-0.2, -0.15) is 5.10 Å². The number of aromatic nitrogens is 3. The smallest absolute Gasteiger partial charge is 0.274 e. The van der Waals surface area contributed by atoms with E-state index in [0.29, 0.717) is 11.4 Å². The summed E-state index contributed by atoms with van der Waals surface area (Å²) in [5, 5.41) is 8.18. The summed E-state index contributed by atoms with van der Waals surface area (Å²) in [7, 11) is 5.09. The molecule has 1 aromatic carbocycles. The summed E-state index contributed by atoms with van der Waals surface area (Å²) in [6, 6.07) is 8.93. The average Bonchev–Trinajstić information content (AvgIpc) is 3.19. The Bertz CT molecular complexity index is 1250. The summed E-state index contributed by atoms with van der Waals surface area (Å²) < 4.78 is 9.02. The lowest BCUT2D eigenvalue weighted by atomic mass is 9.90. The fourth-order valence-electron chi connectivity index (χ4n) is 4.51. The monoisotopic (exact) mass is 451 g/mol. The Hall–Kier alpha value is -3.62. The van der Waals surface area contributed by atoms with Gasteiger partial charge in [-0.3, -0.25) is 14.4 Å². The molecule has 1 N–H and O–H groups in total. The van der Waals surface area contributed by atoms with Gasteiger partial charge in [0.05, 0.1) is 24.1 Å². The van der Waals surface area contributed by atoms with Crippen LogP contribution in [0, 0.1) is 0 Å². The molecule has 2 aromatic heterocycles. The molecule has 0 spiro atoms. The van der Waals surface area contributed by atoms with E-state index < -0.39 is 0 Å². The number of nitrogens with zero attached hydrogens (tertiary/aromatic N) is 4. The minimum absolute atomic E-state index is 0.0834. The molecule has 0 aliphatic heterocycles. The lowest BCUT2D eigenvalue weighted by molar-refractivity contribution is -0.130. The first-order chi connectivity index (χ1) is 15.8. The van der Waals surface area contributed by atoms with Crippen molar-refractivity contribution in [2.45, 2.75) is 44.7 Å². The Balaban J connectivity index is 1.58. The van der Waals surface area contributed by atoms with Crippen molar-refractivity contribution in [1.82, 2.24) is 19.2 Å². The summed E-state index contributed by atoms with van der Waals surface area (Å²) >= 11 is 0. The van der Waals surface area contributed by atoms with Gasteiger partial charge in [0, 0.05) is 38.8 Å². The number of benzene rings is 1. The third-order valence-corrected chi connectivity index (χ3v) is 6.53. The molecule has 1 saturated carbocycles. The number of rotatable bonds is 5. The van der Waals surface area contributed by atoms with Crippen LogP contribution >= 0.6 is 0 Å². The summed E-state index contributed by atoms with van der Waals surface area (Å²) in [5.41, 5.74) is 1.10. The van der Waals surface area contributed by atoms with E-state index in [9.17, 15) is 14.4 Å². The van der Waals surface area contributed by atoms with Crippen LogP contribution in [-0.4, -0.2) is 51.3 Å². The molecule has 1 aliphatic rings. The van der Waals surface area contributed by atoms with Crippen LogP contribution in [0.1, 0.15) is 49.0 Å². The van der Waals surface area contributed by atoms with E-state index in [0.717, 1.165) is 36.6 Å². The van der Waals surface area contributed by atoms with Crippen LogP contribution in [0.25, 0.3) is 10.9 Å². The van der Waals surface area contributed by atoms with E-state index >= 15 is 0 Å². The second-order valence-electron chi connectivity index (χ2n) is 8.57. The Morgan fingerprint density at radius 3 is 2.58 bits per heavy atom. The normalized spacial score (nSPS) is 18.2. The zero-order chi connectivity index (χ0) is 23.7. The molecule has 9 heteroatoms. The zero-order valence-electron chi connectivity index (χ0n) is 19.4. The van der Waals surface area contributed by atoms with E-state index in [1.54, 1.807) is 57.6 Å². The van der Waals surface area contributed by atoms with Crippen molar-refractivity contribution in [1.29, 1.82) is 0 Å². The standard InChI is InChI=1S/C24H29N5O4/c1-15(30)28(3)17-8-10-18(11-9-17)29-24(33-4)19-14-16(7-12-20(19)26-29)22(31)25-21-6-5-13-27(2)23(21)32/h5-7,12-14,17-18H,8-11H2,1-4H3,(H,25,31). The van der Waals surface area contributed by atoms with Gasteiger partial charge in [-0.15, -0.1) is 0 Å². The number of carbonyl (C=O) groups excluding carboxylic acids is 2. The van der Waals surface area contributed by atoms with Gasteiger partial charge in [-0.25, -0.2) is 4.68 Å². The first-order valence-corrected chi connectivity index (χ1v) is 11.1. The van der Waals surface area contributed by atoms with Crippen LogP contribution in [0.15, 0.2) is 41.3 Å². The topological polar surface area (TPSA) is 98.5 Å². The molecule has 0 radical (unpaired) electrons. The van der Waals surface area contributed by atoms with Gasteiger partial charge < -0.3 is 19.5 Å². The quantitative estimate of drug-likeness (QED) is 0.643. The van der Waals surface area contributed by atoms with Crippen molar-refractivity contribution in [3.8, 4) is 5.88 Å². The molecule has 0 saturated heterocycles. The molecule has 33 heavy (non-hydrogen) atoms. The van der Waals surface area contributed by atoms with Crippen LogP contribution in [0.3, 0.4) is 0 Å². The molecule has 4 rings (SSSR count). The maximum Gasteiger partial charge on any atom is 0.274 e. The Labute approximate surface area is 191 Å². The minimum Gasteiger partial charge on any atom is -0.481 e. The number of amides is 2. The molecule has 2 amide bonds. The first-order valence-electron chi connectivity index (χ1n) is 11.1. The molecule has 0 atom stereocenters. The van der Waals surface area contributed by atoms with Crippen LogP contribution in [0.5, 0.6) is 5.88 Å². The number of carbonyl (C=O) groups is 2. The average molecular weight is 452 g/mol. The van der Waals surface area contributed by atoms with Crippen LogP contribution in [0.4, 0.5) is 5.69 Å². The Kier molecular flexibility index (Phi) is 6.22. The van der Waals surface area contributed by atoms with Crippen molar-refractivity contribution in [3.05, 3.63) is 52.4 Å². The lowest BCUT2D eigenvalue weighted by Crippen LogP contribution is -2.38. The molecule has 174 valence electrons. The highest BCUT2D eigenvalue weighted by Crippen LogP contribution is 2.36. The second kappa shape index (κ2) is 9.09. The predicted molar refractivity (Wildman–Crippen MR) is 126 cm³/mol. The molecule has 0 unspecified atom stereocenters. The number of nitrogens with one attached hydrogen (secondary N) is 1. The highest BCUT2D eigenvalue weighted by atomic mass is 16.5. The Morgan fingerprint density at radius 1 is 1.18 bits per heavy atom. The third kappa shape index (κ3) is 4.35. The molecular formula is C24H29N5O4. The number of ether oxygens (including phenoxy) is 1. The van der Waals surface area contributed by atoms with Gasteiger partial charge in [0.1, 0.15) is 5.69 Å². The van der Waals surface area contributed by atoms with Crippen LogP contribution < -0.4 is 15.6 Å². The van der Waals surface area contributed by atoms with Crippen molar-refractivity contribution in [2.75, 3.05) is 19.5 Å². The number of aryl methyl sites for hydroxylation is 1. The highest BCUT2D eigenvalue weighted by molar-refractivity contribution is 6.06. The molecule has 1 fully saturated rings. The molecule has 3 aromatic rings. The third-order valence-electron chi connectivity index (χ3n) is 6.53. The fourth-order valence-corrected chi connectivity index (χ4v) is 4.51. The van der Waals surface area contributed by atoms with Crippen LogP contribution in [-0.2, 0) is 11.8 Å². The van der Waals surface area contributed by atoms with Crippen molar-refractivity contribution < 1.29 is 14.3 Å². The van der Waals surface area contributed by atoms with E-state index in [4.69, 9.17) is 9.84 Å². The van der Waals surface area contributed by atoms with Gasteiger partial charge in [0.15, 0.2) is 0 Å². The molecule has 1 aliphatic carbocycles. The number of anilines is 1. The van der Waals surface area contributed by atoms with Gasteiger partial charge in [-0.05, 0) is 56.0 Å². The number of pyridine rings is 1. The van der Waals surface area contributed by atoms with E-state index in [1.807, 2.05) is 16.6 Å². The lowest BCUT2D eigenvalue weighted by Gasteiger charge is -2.34. The maximum atomic E-state index is 12.8. The molecular weight excluding hydrogens is 422 g/mol. The van der Waals surface area contributed by atoms with E-state index in [-0.39, 0.29) is 35.1 Å². The highest BCUT2D eigenvalue weighted by Gasteiger charge is 2.29. The van der Waals surface area contributed by atoms with Gasteiger partial charge in [-0.1, -0.05) is 0 Å². The van der Waals surface area contributed by atoms with E-state index in [2.05, 4.69) is 5.32 Å². The summed E-state index contributed by atoms with van der Waals surface area (Å²) in [6.07, 6.45) is 5.21. The zero-order valence-corrected chi connectivity index (χ0v) is 19.4. The fraction of sp³-hybridized carbons (Fsp3) is 0.417. The number of methoxy groups -OCH3 is 1. The van der Waals surface area contributed by atoms with Crippen molar-refractivity contribution >= 4 is 28.4 Å². The molecule has 2 heterocycles. The minimum atomic E-state index is -0.372. The van der Waals surface area contributed by atoms with Crippen molar-refractivity contribution in [2.24, 2.45) is 7.05 Å². The number of hydrogen-bond acceptors (Lipinski definition) is 5. The van der Waals surface area contributed by atoms with E-state index in [1.165, 1.54) is 4.57 Å². The number of hydrogen-bond donors (Lipinski definition) is 1. The first kappa shape index (κ1) is 22.6. The summed E-state index contributed by atoms with van der Waals surface area (Å²) in [5.74, 6) is 0.321. The number of fused-ring (bicyclic) bond motifs is 1. The predicted octanol–water partition coefficient (Wildman–Crippen LogP) is 2.96. The van der Waals surface area contributed by atoms with Gasteiger partial charge in [0.25, 0.3) is 11.5 Å². The largest absolute Gasteiger partial charge is 0.481 e. The molecule has 9 nitrogen and oxygen atoms in total. The van der Waals surface area contributed by atoms with Gasteiger partial charge in [0.2, 0.25) is 11.8 Å².